The fraction of sp³-hybridized carbons (Fsp3) is 0.316. The molecule has 0 saturated carbocycles. The highest BCUT2D eigenvalue weighted by Crippen LogP contribution is 2.33. The number of anilines is 1. The molecular weight excluding hydrogens is 384 g/mol. The van der Waals surface area contributed by atoms with E-state index in [1.165, 1.54) is 0 Å². The van der Waals surface area contributed by atoms with Crippen molar-refractivity contribution in [2.24, 2.45) is 5.73 Å². The number of carbonyl (C=O) groups is 3. The van der Waals surface area contributed by atoms with Crippen LogP contribution in [0.4, 0.5) is 5.00 Å². The lowest BCUT2D eigenvalue weighted by molar-refractivity contribution is -0.118. The predicted octanol–water partition coefficient (Wildman–Crippen LogP) is 2.75. The van der Waals surface area contributed by atoms with E-state index in [0.29, 0.717) is 23.7 Å². The molecule has 0 atom stereocenters. The van der Waals surface area contributed by atoms with Crippen molar-refractivity contribution in [1.29, 1.82) is 0 Å². The maximum absolute atomic E-state index is 12.3. The number of thiophene rings is 1. The highest BCUT2D eigenvalue weighted by Gasteiger charge is 2.25. The first-order valence-corrected chi connectivity index (χ1v) is 9.44. The third-order valence-corrected chi connectivity index (χ3v) is 4.83. The Kier molecular flexibility index (Phi) is 7.39. The molecule has 8 nitrogen and oxygen atoms in total. The maximum atomic E-state index is 12.3. The van der Waals surface area contributed by atoms with Gasteiger partial charge in [-0.1, -0.05) is 0 Å². The van der Waals surface area contributed by atoms with E-state index in [2.05, 4.69) is 5.32 Å². The van der Waals surface area contributed by atoms with Gasteiger partial charge in [-0.25, -0.2) is 4.79 Å². The van der Waals surface area contributed by atoms with E-state index in [9.17, 15) is 14.4 Å². The molecular formula is C19H22N2O6S. The van der Waals surface area contributed by atoms with Crippen molar-refractivity contribution in [3.8, 4) is 11.5 Å². The second-order valence-corrected chi connectivity index (χ2v) is 6.61. The van der Waals surface area contributed by atoms with Gasteiger partial charge in [0.1, 0.15) is 16.5 Å². The lowest BCUT2D eigenvalue weighted by Gasteiger charge is -2.09. The zero-order valence-corrected chi connectivity index (χ0v) is 16.7. The van der Waals surface area contributed by atoms with E-state index >= 15 is 0 Å². The molecule has 1 aromatic heterocycles. The average Bonchev–Trinajstić information content (AvgIpc) is 2.98. The molecule has 0 saturated heterocycles. The predicted molar refractivity (Wildman–Crippen MR) is 105 cm³/mol. The minimum atomic E-state index is -0.681. The van der Waals surface area contributed by atoms with Crippen molar-refractivity contribution in [3.05, 3.63) is 40.3 Å². The first-order valence-electron chi connectivity index (χ1n) is 8.63. The summed E-state index contributed by atoms with van der Waals surface area (Å²) in [6.45, 7) is 5.56. The molecule has 3 N–H and O–H groups in total. The summed E-state index contributed by atoms with van der Waals surface area (Å²) >= 11 is 0.926. The van der Waals surface area contributed by atoms with Gasteiger partial charge in [0.25, 0.3) is 11.8 Å². The van der Waals surface area contributed by atoms with Crippen LogP contribution in [0.5, 0.6) is 11.5 Å². The minimum Gasteiger partial charge on any atom is -0.494 e. The number of carbonyl (C=O) groups excluding carboxylic acids is 3. The van der Waals surface area contributed by atoms with Crippen LogP contribution >= 0.6 is 11.3 Å². The second kappa shape index (κ2) is 9.75. The van der Waals surface area contributed by atoms with Gasteiger partial charge in [0.05, 0.1) is 23.7 Å². The fourth-order valence-corrected chi connectivity index (χ4v) is 3.46. The number of hydrogen-bond acceptors (Lipinski definition) is 7. The lowest BCUT2D eigenvalue weighted by atomic mass is 10.1. The molecule has 2 rings (SSSR count). The monoisotopic (exact) mass is 406 g/mol. The molecule has 0 unspecified atom stereocenters. The van der Waals surface area contributed by atoms with E-state index in [4.69, 9.17) is 19.9 Å². The summed E-state index contributed by atoms with van der Waals surface area (Å²) in [7, 11) is 0. The van der Waals surface area contributed by atoms with Crippen molar-refractivity contribution < 1.29 is 28.6 Å². The third-order valence-electron chi connectivity index (χ3n) is 3.61. The van der Waals surface area contributed by atoms with Gasteiger partial charge in [0.2, 0.25) is 0 Å². The zero-order valence-electron chi connectivity index (χ0n) is 15.9. The van der Waals surface area contributed by atoms with Crippen molar-refractivity contribution in [1.82, 2.24) is 0 Å². The number of ether oxygens (including phenoxy) is 3. The van der Waals surface area contributed by atoms with Crippen LogP contribution in [-0.2, 0) is 9.53 Å². The van der Waals surface area contributed by atoms with Gasteiger partial charge in [0.15, 0.2) is 6.61 Å². The summed E-state index contributed by atoms with van der Waals surface area (Å²) in [4.78, 5) is 36.2. The Morgan fingerprint density at radius 1 is 1.04 bits per heavy atom. The maximum Gasteiger partial charge on any atom is 0.341 e. The van der Waals surface area contributed by atoms with Crippen LogP contribution in [0.2, 0.25) is 0 Å². The smallest absolute Gasteiger partial charge is 0.341 e. The van der Waals surface area contributed by atoms with Gasteiger partial charge >= 0.3 is 5.97 Å². The minimum absolute atomic E-state index is 0.120. The van der Waals surface area contributed by atoms with Crippen LogP contribution in [0.15, 0.2) is 24.3 Å². The molecule has 0 aliphatic carbocycles. The molecule has 1 aromatic carbocycles. The van der Waals surface area contributed by atoms with E-state index in [1.807, 2.05) is 6.92 Å². The van der Waals surface area contributed by atoms with E-state index in [-0.39, 0.29) is 28.7 Å². The van der Waals surface area contributed by atoms with Crippen LogP contribution in [0.3, 0.4) is 0 Å². The highest BCUT2D eigenvalue weighted by molar-refractivity contribution is 7.18. The number of amides is 2. The van der Waals surface area contributed by atoms with Crippen LogP contribution in [0.25, 0.3) is 0 Å². The lowest BCUT2D eigenvalue weighted by Crippen LogP contribution is -2.21. The largest absolute Gasteiger partial charge is 0.494 e. The van der Waals surface area contributed by atoms with Gasteiger partial charge in [-0.15, -0.1) is 11.3 Å². The standard InChI is InChI=1S/C19H22N2O6S/c1-4-25-12-6-8-13(9-7-12)27-10-14(22)21-18-15(19(24)26-5-2)11(3)16(28-18)17(20)23/h6-9H,4-5,10H2,1-3H3,(H2,20,23)(H,21,22). The number of esters is 1. The molecule has 2 amide bonds. The van der Waals surface area contributed by atoms with Crippen LogP contribution in [0, 0.1) is 6.92 Å². The van der Waals surface area contributed by atoms with E-state index in [0.717, 1.165) is 11.3 Å². The van der Waals surface area contributed by atoms with Gasteiger partial charge < -0.3 is 25.3 Å². The van der Waals surface area contributed by atoms with Gasteiger partial charge in [0, 0.05) is 0 Å². The van der Waals surface area contributed by atoms with Gasteiger partial charge in [-0.2, -0.15) is 0 Å². The Bertz CT molecular complexity index is 860. The van der Waals surface area contributed by atoms with Gasteiger partial charge in [-0.05, 0) is 50.6 Å². The summed E-state index contributed by atoms with van der Waals surface area (Å²) in [5, 5.41) is 2.79. The molecule has 1 heterocycles. The third kappa shape index (κ3) is 5.23. The molecule has 150 valence electrons. The molecule has 9 heteroatoms. The number of nitrogens with one attached hydrogen (secondary N) is 1. The number of benzene rings is 1. The Morgan fingerprint density at radius 3 is 2.18 bits per heavy atom. The molecule has 0 aliphatic heterocycles. The average molecular weight is 406 g/mol. The molecule has 0 fully saturated rings. The first-order chi connectivity index (χ1) is 13.4. The van der Waals surface area contributed by atoms with Crippen molar-refractivity contribution >= 4 is 34.1 Å². The Hall–Kier alpha value is -3.07. The SMILES string of the molecule is CCOC(=O)c1c(NC(=O)COc2ccc(OCC)cc2)sc(C(N)=O)c1C. The number of nitrogens with two attached hydrogens (primary N) is 1. The molecule has 0 bridgehead atoms. The quantitative estimate of drug-likeness (QED) is 0.619. The van der Waals surface area contributed by atoms with Gasteiger partial charge in [-0.3, -0.25) is 9.59 Å². The first kappa shape index (κ1) is 21.2. The Morgan fingerprint density at radius 2 is 1.64 bits per heavy atom. The van der Waals surface area contributed by atoms with Crippen molar-refractivity contribution in [3.63, 3.8) is 0 Å². The van der Waals surface area contributed by atoms with Crippen LogP contribution in [-0.4, -0.2) is 37.6 Å². The number of rotatable bonds is 9. The summed E-state index contributed by atoms with van der Waals surface area (Å²) in [5.41, 5.74) is 5.84. The summed E-state index contributed by atoms with van der Waals surface area (Å²) in [6, 6.07) is 6.83. The molecule has 28 heavy (non-hydrogen) atoms. The fourth-order valence-electron chi connectivity index (χ4n) is 2.40. The van der Waals surface area contributed by atoms with E-state index < -0.39 is 17.8 Å². The second-order valence-electron chi connectivity index (χ2n) is 5.59. The zero-order chi connectivity index (χ0) is 20.7. The number of primary amides is 1. The number of hydrogen-bond donors (Lipinski definition) is 2. The molecule has 0 radical (unpaired) electrons. The highest BCUT2D eigenvalue weighted by atomic mass is 32.1. The van der Waals surface area contributed by atoms with Crippen LogP contribution in [0.1, 0.15) is 39.4 Å². The summed E-state index contributed by atoms with van der Waals surface area (Å²) < 4.78 is 15.8. The van der Waals surface area contributed by atoms with E-state index in [1.54, 1.807) is 38.1 Å². The molecule has 2 aromatic rings. The van der Waals surface area contributed by atoms with Crippen molar-refractivity contribution in [2.45, 2.75) is 20.8 Å². The molecule has 0 aliphatic rings. The topological polar surface area (TPSA) is 117 Å². The van der Waals surface area contributed by atoms with Crippen LogP contribution < -0.4 is 20.5 Å². The normalized spacial score (nSPS) is 10.2. The Balaban J connectivity index is 2.09. The Labute approximate surface area is 166 Å². The summed E-state index contributed by atoms with van der Waals surface area (Å²) in [6.07, 6.45) is 0. The molecule has 0 spiro atoms. The summed E-state index contributed by atoms with van der Waals surface area (Å²) in [5.74, 6) is -0.613. The van der Waals surface area contributed by atoms with Crippen molar-refractivity contribution in [2.75, 3.05) is 25.1 Å².